The Hall–Kier alpha value is -0.0800. The van der Waals surface area contributed by atoms with Gasteiger partial charge < -0.3 is 10.1 Å². The van der Waals surface area contributed by atoms with Crippen LogP contribution in [0.5, 0.6) is 0 Å². The molecule has 0 amide bonds. The summed E-state index contributed by atoms with van der Waals surface area (Å²) >= 11 is 0. The zero-order chi connectivity index (χ0) is 13.3. The Kier molecular flexibility index (Phi) is 4.71. The van der Waals surface area contributed by atoms with Crippen LogP contribution in [0, 0.1) is 23.7 Å². The van der Waals surface area contributed by atoms with Crippen molar-refractivity contribution in [1.29, 1.82) is 0 Å². The highest BCUT2D eigenvalue weighted by Crippen LogP contribution is 2.41. The minimum absolute atomic E-state index is 0.407. The Morgan fingerprint density at radius 2 is 1.78 bits per heavy atom. The SMILES string of the molecule is CNC(C1CCCC(C)C1)C1C(C)OC(C)C1C. The largest absolute Gasteiger partial charge is 0.375 e. The van der Waals surface area contributed by atoms with Crippen LogP contribution in [0.3, 0.4) is 0 Å². The molecule has 2 fully saturated rings. The van der Waals surface area contributed by atoms with Crippen LogP contribution in [0.4, 0.5) is 0 Å². The van der Waals surface area contributed by atoms with E-state index in [0.29, 0.717) is 30.1 Å². The molecule has 18 heavy (non-hydrogen) atoms. The third-order valence-electron chi connectivity index (χ3n) is 5.55. The van der Waals surface area contributed by atoms with Crippen LogP contribution in [0.2, 0.25) is 0 Å². The minimum atomic E-state index is 0.407. The fourth-order valence-corrected chi connectivity index (χ4v) is 4.46. The third-order valence-corrected chi connectivity index (χ3v) is 5.55. The normalized spacial score (nSPS) is 47.2. The topological polar surface area (TPSA) is 21.3 Å². The Morgan fingerprint density at radius 3 is 2.28 bits per heavy atom. The molecule has 1 saturated carbocycles. The summed E-state index contributed by atoms with van der Waals surface area (Å²) in [6, 6.07) is 0.641. The van der Waals surface area contributed by atoms with E-state index in [0.717, 1.165) is 11.8 Å². The van der Waals surface area contributed by atoms with Gasteiger partial charge >= 0.3 is 0 Å². The molecule has 1 N–H and O–H groups in total. The highest BCUT2D eigenvalue weighted by atomic mass is 16.5. The molecule has 1 aliphatic heterocycles. The minimum Gasteiger partial charge on any atom is -0.375 e. The van der Waals surface area contributed by atoms with Crippen LogP contribution in [-0.4, -0.2) is 25.3 Å². The van der Waals surface area contributed by atoms with Crippen LogP contribution in [-0.2, 0) is 4.74 Å². The average molecular weight is 253 g/mol. The van der Waals surface area contributed by atoms with E-state index in [2.05, 4.69) is 40.1 Å². The van der Waals surface area contributed by atoms with Crippen molar-refractivity contribution in [3.8, 4) is 0 Å². The Bertz CT molecular complexity index is 268. The lowest BCUT2D eigenvalue weighted by Gasteiger charge is -2.39. The first kappa shape index (κ1) is 14.3. The smallest absolute Gasteiger partial charge is 0.0597 e. The van der Waals surface area contributed by atoms with Crippen LogP contribution in [0.1, 0.15) is 53.4 Å². The molecule has 7 unspecified atom stereocenters. The predicted octanol–water partition coefficient (Wildman–Crippen LogP) is 3.46. The molecule has 2 aliphatic rings. The molecule has 1 aliphatic carbocycles. The second-order valence-electron chi connectivity index (χ2n) is 6.83. The van der Waals surface area contributed by atoms with Crippen molar-refractivity contribution in [2.24, 2.45) is 23.7 Å². The van der Waals surface area contributed by atoms with Gasteiger partial charge in [-0.1, -0.05) is 26.7 Å². The molecule has 2 rings (SSSR count). The summed E-state index contributed by atoms with van der Waals surface area (Å²) in [4.78, 5) is 0. The highest BCUT2D eigenvalue weighted by Gasteiger charge is 2.44. The van der Waals surface area contributed by atoms with Crippen molar-refractivity contribution in [2.75, 3.05) is 7.05 Å². The fourth-order valence-electron chi connectivity index (χ4n) is 4.46. The zero-order valence-electron chi connectivity index (χ0n) is 12.8. The van der Waals surface area contributed by atoms with Crippen molar-refractivity contribution < 1.29 is 4.74 Å². The second kappa shape index (κ2) is 5.92. The van der Waals surface area contributed by atoms with E-state index in [1.54, 1.807) is 0 Å². The molecule has 7 atom stereocenters. The zero-order valence-corrected chi connectivity index (χ0v) is 12.8. The van der Waals surface area contributed by atoms with Crippen LogP contribution >= 0.6 is 0 Å². The lowest BCUT2D eigenvalue weighted by Crippen LogP contribution is -2.46. The molecule has 2 nitrogen and oxygen atoms in total. The molecule has 1 saturated heterocycles. The van der Waals surface area contributed by atoms with Gasteiger partial charge in [0.25, 0.3) is 0 Å². The Balaban J connectivity index is 2.07. The maximum Gasteiger partial charge on any atom is 0.0597 e. The van der Waals surface area contributed by atoms with Crippen LogP contribution in [0.15, 0.2) is 0 Å². The lowest BCUT2D eigenvalue weighted by molar-refractivity contribution is 0.0423. The van der Waals surface area contributed by atoms with E-state index in [9.17, 15) is 0 Å². The van der Waals surface area contributed by atoms with Crippen molar-refractivity contribution in [3.63, 3.8) is 0 Å². The number of nitrogens with one attached hydrogen (secondary N) is 1. The molecule has 0 aromatic heterocycles. The van der Waals surface area contributed by atoms with E-state index in [1.807, 2.05) is 0 Å². The monoisotopic (exact) mass is 253 g/mol. The van der Waals surface area contributed by atoms with Gasteiger partial charge in [-0.05, 0) is 51.5 Å². The lowest BCUT2D eigenvalue weighted by atomic mass is 9.71. The van der Waals surface area contributed by atoms with E-state index in [4.69, 9.17) is 4.74 Å². The van der Waals surface area contributed by atoms with Crippen molar-refractivity contribution in [3.05, 3.63) is 0 Å². The van der Waals surface area contributed by atoms with Gasteiger partial charge in [-0.3, -0.25) is 0 Å². The molecule has 0 aromatic rings. The first-order chi connectivity index (χ1) is 8.54. The highest BCUT2D eigenvalue weighted by molar-refractivity contribution is 4.95. The molecule has 0 radical (unpaired) electrons. The van der Waals surface area contributed by atoms with Crippen molar-refractivity contribution >= 4 is 0 Å². The van der Waals surface area contributed by atoms with E-state index in [1.165, 1.54) is 25.7 Å². The van der Waals surface area contributed by atoms with Gasteiger partial charge in [0.05, 0.1) is 12.2 Å². The fraction of sp³-hybridized carbons (Fsp3) is 1.00. The first-order valence-corrected chi connectivity index (χ1v) is 7.87. The summed E-state index contributed by atoms with van der Waals surface area (Å²) in [7, 11) is 2.15. The molecular formula is C16H31NO. The van der Waals surface area contributed by atoms with Gasteiger partial charge in [-0.2, -0.15) is 0 Å². The van der Waals surface area contributed by atoms with E-state index in [-0.39, 0.29) is 0 Å². The number of rotatable bonds is 3. The third kappa shape index (κ3) is 2.75. The van der Waals surface area contributed by atoms with Gasteiger partial charge in [0.2, 0.25) is 0 Å². The first-order valence-electron chi connectivity index (χ1n) is 7.87. The van der Waals surface area contributed by atoms with Crippen LogP contribution < -0.4 is 5.32 Å². The summed E-state index contributed by atoms with van der Waals surface area (Å²) in [6.45, 7) is 9.29. The van der Waals surface area contributed by atoms with Crippen LogP contribution in [0.25, 0.3) is 0 Å². The van der Waals surface area contributed by atoms with Crippen molar-refractivity contribution in [2.45, 2.75) is 71.6 Å². The van der Waals surface area contributed by atoms with Gasteiger partial charge in [0.15, 0.2) is 0 Å². The molecule has 0 bridgehead atoms. The Morgan fingerprint density at radius 1 is 1.06 bits per heavy atom. The summed E-state index contributed by atoms with van der Waals surface area (Å²) < 4.78 is 6.05. The summed E-state index contributed by atoms with van der Waals surface area (Å²) in [5.41, 5.74) is 0. The van der Waals surface area contributed by atoms with Crippen molar-refractivity contribution in [1.82, 2.24) is 5.32 Å². The summed E-state index contributed by atoms with van der Waals surface area (Å²) in [5.74, 6) is 3.11. The van der Waals surface area contributed by atoms with Gasteiger partial charge in [-0.15, -0.1) is 0 Å². The maximum absolute atomic E-state index is 6.05. The molecule has 2 heteroatoms. The molecule has 106 valence electrons. The second-order valence-corrected chi connectivity index (χ2v) is 6.83. The number of ether oxygens (including phenoxy) is 1. The van der Waals surface area contributed by atoms with Gasteiger partial charge in [0, 0.05) is 12.0 Å². The number of hydrogen-bond acceptors (Lipinski definition) is 2. The summed E-state index contributed by atoms with van der Waals surface area (Å²) in [6.07, 6.45) is 6.47. The molecular weight excluding hydrogens is 222 g/mol. The molecule has 1 heterocycles. The summed E-state index contributed by atoms with van der Waals surface area (Å²) in [5, 5.41) is 3.64. The molecule has 0 aromatic carbocycles. The average Bonchev–Trinajstić information content (AvgIpc) is 2.57. The van der Waals surface area contributed by atoms with E-state index >= 15 is 0 Å². The van der Waals surface area contributed by atoms with Gasteiger partial charge in [0.1, 0.15) is 0 Å². The molecule has 0 spiro atoms. The Labute approximate surface area is 113 Å². The quantitative estimate of drug-likeness (QED) is 0.831. The standard InChI is InChI=1S/C16H31NO/c1-10-7-6-8-14(9-10)16(17-5)15-11(2)12(3)18-13(15)4/h10-17H,6-9H2,1-5H3. The maximum atomic E-state index is 6.05. The predicted molar refractivity (Wildman–Crippen MR) is 76.6 cm³/mol. The van der Waals surface area contributed by atoms with E-state index < -0.39 is 0 Å². The number of hydrogen-bond donors (Lipinski definition) is 1. The van der Waals surface area contributed by atoms with Gasteiger partial charge in [-0.25, -0.2) is 0 Å².